The summed E-state index contributed by atoms with van der Waals surface area (Å²) in [7, 11) is 0. The lowest BCUT2D eigenvalue weighted by Gasteiger charge is -2.42. The molecule has 10 N–H and O–H groups in total. The van der Waals surface area contributed by atoms with Gasteiger partial charge in [-0.15, -0.1) is 0 Å². The predicted octanol–water partition coefficient (Wildman–Crippen LogP) is -0.0577. The van der Waals surface area contributed by atoms with E-state index < -0.39 is 122 Å². The summed E-state index contributed by atoms with van der Waals surface area (Å²) in [6.45, 7) is 6.56. The maximum atomic E-state index is 15.1. The number of nitrogens with one attached hydrogen (secondary N) is 2. The molecule has 0 spiro atoms. The van der Waals surface area contributed by atoms with Crippen LogP contribution in [-0.4, -0.2) is 217 Å². The molecule has 1 aliphatic carbocycles. The van der Waals surface area contributed by atoms with Crippen molar-refractivity contribution < 1.29 is 88.5 Å². The topological polar surface area (TPSA) is 329 Å². The fraction of sp³-hybridized carbons (Fsp3) is 0.638. The summed E-state index contributed by atoms with van der Waals surface area (Å²) in [5.41, 5.74) is 2.94. The quantitative estimate of drug-likeness (QED) is 0.0353. The molecule has 0 saturated carbocycles. The Balaban J connectivity index is 1.06. The van der Waals surface area contributed by atoms with Gasteiger partial charge in [0.05, 0.1) is 19.3 Å². The Bertz CT molecular complexity index is 2440. The van der Waals surface area contributed by atoms with Crippen molar-refractivity contribution in [2.75, 3.05) is 52.6 Å². The zero-order valence-corrected chi connectivity index (χ0v) is 46.4. The number of esters is 2. The van der Waals surface area contributed by atoms with Crippen molar-refractivity contribution >= 4 is 23.8 Å². The molecular formula is C58H83N5O18. The van der Waals surface area contributed by atoms with Crippen LogP contribution in [0.2, 0.25) is 0 Å². The summed E-state index contributed by atoms with van der Waals surface area (Å²) in [5.74, 6) is -2.46. The third kappa shape index (κ3) is 18.2. The van der Waals surface area contributed by atoms with E-state index in [-0.39, 0.29) is 63.7 Å². The number of piperazine rings is 1. The lowest BCUT2D eigenvalue weighted by atomic mass is 9.91. The highest BCUT2D eigenvalue weighted by atomic mass is 16.7. The molecule has 3 fully saturated rings. The summed E-state index contributed by atoms with van der Waals surface area (Å²) in [5, 5.41) is 86.9. The average molecular weight is 1140 g/mol. The minimum absolute atomic E-state index is 0.00328. The largest absolute Gasteiger partial charge is 0.461 e. The second-order valence-electron chi connectivity index (χ2n) is 22.5. The van der Waals surface area contributed by atoms with Gasteiger partial charge in [-0.05, 0) is 87.6 Å². The van der Waals surface area contributed by atoms with Crippen molar-refractivity contribution in [2.45, 2.75) is 176 Å². The fourth-order valence-electron chi connectivity index (χ4n) is 10.7. The van der Waals surface area contributed by atoms with Gasteiger partial charge in [-0.3, -0.25) is 34.0 Å². The van der Waals surface area contributed by atoms with Crippen LogP contribution >= 0.6 is 0 Å². The van der Waals surface area contributed by atoms with Crippen molar-refractivity contribution in [3.8, 4) is 0 Å². The Kier molecular flexibility index (Phi) is 23.9. The molecule has 3 saturated heterocycles. The normalized spacial score (nSPS) is 28.8. The number of hydrogen-bond donors (Lipinski definition) is 10. The maximum Gasteiger partial charge on any atom is 0.306 e. The Morgan fingerprint density at radius 3 is 1.94 bits per heavy atom. The van der Waals surface area contributed by atoms with Crippen LogP contribution in [-0.2, 0) is 67.0 Å². The highest BCUT2D eigenvalue weighted by Crippen LogP contribution is 2.35. The van der Waals surface area contributed by atoms with Gasteiger partial charge in [0.1, 0.15) is 67.1 Å². The van der Waals surface area contributed by atoms with Gasteiger partial charge >= 0.3 is 11.9 Å². The molecule has 23 nitrogen and oxygen atoms in total. The second-order valence-corrected chi connectivity index (χ2v) is 22.5. The molecule has 448 valence electrons. The third-order valence-electron chi connectivity index (χ3n) is 15.1. The molecule has 3 aromatic rings. The monoisotopic (exact) mass is 1140 g/mol. The first kappa shape index (κ1) is 63.5. The van der Waals surface area contributed by atoms with Crippen LogP contribution < -0.4 is 10.6 Å². The van der Waals surface area contributed by atoms with Crippen molar-refractivity contribution in [3.63, 3.8) is 0 Å². The van der Waals surface area contributed by atoms with Crippen LogP contribution in [0.5, 0.6) is 0 Å². The second kappa shape index (κ2) is 30.5. The number of amides is 2. The van der Waals surface area contributed by atoms with E-state index in [9.17, 15) is 55.2 Å². The number of nitrogens with zero attached hydrogens (tertiary/aromatic N) is 3. The molecule has 0 bridgehead atoms. The number of carbonyl (C=O) groups is 4. The first-order valence-corrected chi connectivity index (χ1v) is 28.1. The van der Waals surface area contributed by atoms with Gasteiger partial charge in [0.25, 0.3) is 0 Å². The van der Waals surface area contributed by atoms with Gasteiger partial charge < -0.3 is 79.9 Å². The molecule has 23 heteroatoms. The van der Waals surface area contributed by atoms with Gasteiger partial charge in [-0.1, -0.05) is 60.7 Å². The standard InChI is InChI=1S/C58H83N5O18/c1-58(2,3)61-55(75)41-32-62(30-36-16-13-21-59-29-36)22-23-63(41)31-39(78-45(66)19-9-11-24-76-56-52(72)50(70)48(68)43(33-64)80-56)27-38(26-35-14-5-4-6-15-35)54(74)60-47-40-18-8-7-17-37(40)28-42(47)79-46(67)20-10-12-25-77-57-53(73)51(71)49(69)44(34-65)81-57/h4-8,13-18,21,29,38-39,41-44,47-53,56-57,64-65,68-73H,9-12,19-20,22-28,30-34H2,1-3H3,(H,60,74)(H,61,75)/t38-,39+,41+,42-,43-,44-,47+,48-,49-,50+,51+,52+,53+,56+,57+/m1/s1. The van der Waals surface area contributed by atoms with Crippen LogP contribution in [0.3, 0.4) is 0 Å². The molecule has 4 heterocycles. The third-order valence-corrected chi connectivity index (χ3v) is 15.1. The predicted molar refractivity (Wildman–Crippen MR) is 289 cm³/mol. The zero-order chi connectivity index (χ0) is 58.2. The van der Waals surface area contributed by atoms with Crippen LogP contribution in [0, 0.1) is 5.92 Å². The number of rotatable bonds is 27. The van der Waals surface area contributed by atoms with E-state index in [1.54, 1.807) is 12.4 Å². The number of pyridine rings is 1. The molecule has 0 radical (unpaired) electrons. The summed E-state index contributed by atoms with van der Waals surface area (Å²) in [4.78, 5) is 65.4. The summed E-state index contributed by atoms with van der Waals surface area (Å²) in [6, 6.07) is 19.4. The molecular weight excluding hydrogens is 1050 g/mol. The molecule has 15 atom stereocenters. The Hall–Kier alpha value is -5.09. The van der Waals surface area contributed by atoms with E-state index in [1.807, 2.05) is 92.4 Å². The minimum Gasteiger partial charge on any atom is -0.461 e. The van der Waals surface area contributed by atoms with Crippen molar-refractivity contribution in [1.82, 2.24) is 25.4 Å². The Morgan fingerprint density at radius 1 is 0.728 bits per heavy atom. The van der Waals surface area contributed by atoms with Gasteiger partial charge in [0.15, 0.2) is 12.6 Å². The number of ether oxygens (including phenoxy) is 6. The molecule has 2 amide bonds. The summed E-state index contributed by atoms with van der Waals surface area (Å²) < 4.78 is 34.6. The number of hydrogen-bond acceptors (Lipinski definition) is 21. The highest BCUT2D eigenvalue weighted by Gasteiger charge is 2.46. The molecule has 1 aromatic heterocycles. The smallest absolute Gasteiger partial charge is 0.306 e. The number of benzene rings is 2. The maximum absolute atomic E-state index is 15.1. The van der Waals surface area contributed by atoms with Crippen LogP contribution in [0.15, 0.2) is 79.1 Å². The van der Waals surface area contributed by atoms with Gasteiger partial charge in [-0.2, -0.15) is 0 Å². The van der Waals surface area contributed by atoms with E-state index in [1.165, 1.54) is 0 Å². The number of unbranched alkanes of at least 4 members (excludes halogenated alkanes) is 2. The number of aromatic nitrogens is 1. The van der Waals surface area contributed by atoms with Crippen LogP contribution in [0.1, 0.15) is 94.0 Å². The number of fused-ring (bicyclic) bond motifs is 1. The fourth-order valence-corrected chi connectivity index (χ4v) is 10.7. The molecule has 2 aromatic carbocycles. The van der Waals surface area contributed by atoms with E-state index >= 15 is 4.79 Å². The summed E-state index contributed by atoms with van der Waals surface area (Å²) in [6.07, 6.45) is -10.7. The van der Waals surface area contributed by atoms with E-state index in [0.717, 1.165) is 22.3 Å². The highest BCUT2D eigenvalue weighted by molar-refractivity contribution is 5.83. The Labute approximate surface area is 472 Å². The SMILES string of the molecule is CC(C)(C)NC(=O)[C@@H]1CN(Cc2cccnc2)CCN1C[C@H](C[C@@H](Cc1ccccc1)C(=O)N[C@H]1c2ccccc2C[C@H]1OC(=O)CCCCO[C@H]1O[C@H](CO)[C@@H](O)[C@H](O)[C@@H]1O)OC(=O)CCCCO[C@H]1O[C@H](CO)[C@@H](O)[C@H](O)[C@@H]1O. The van der Waals surface area contributed by atoms with Gasteiger partial charge in [0, 0.05) is 89.1 Å². The van der Waals surface area contributed by atoms with Crippen LogP contribution in [0.4, 0.5) is 0 Å². The lowest BCUT2D eigenvalue weighted by Crippen LogP contribution is -2.62. The lowest BCUT2D eigenvalue weighted by molar-refractivity contribution is -0.301. The first-order chi connectivity index (χ1) is 38.8. The van der Waals surface area contributed by atoms with Gasteiger partial charge in [-0.25, -0.2) is 0 Å². The van der Waals surface area contributed by atoms with Crippen LogP contribution in [0.25, 0.3) is 0 Å². The molecule has 3 aliphatic heterocycles. The molecule has 0 unspecified atom stereocenters. The Morgan fingerprint density at radius 2 is 1.33 bits per heavy atom. The van der Waals surface area contributed by atoms with E-state index in [0.29, 0.717) is 51.9 Å². The first-order valence-electron chi connectivity index (χ1n) is 28.1. The molecule has 81 heavy (non-hydrogen) atoms. The van der Waals surface area contributed by atoms with E-state index in [2.05, 4.69) is 20.5 Å². The van der Waals surface area contributed by atoms with E-state index in [4.69, 9.17) is 28.4 Å². The molecule has 7 rings (SSSR count). The zero-order valence-electron chi connectivity index (χ0n) is 46.4. The van der Waals surface area contributed by atoms with Crippen molar-refractivity contribution in [3.05, 3.63) is 101 Å². The average Bonchev–Trinajstić information content (AvgIpc) is 4.08. The number of aliphatic hydroxyl groups is 8. The number of carbonyl (C=O) groups excluding carboxylic acids is 4. The summed E-state index contributed by atoms with van der Waals surface area (Å²) >= 11 is 0. The number of aliphatic hydroxyl groups excluding tert-OH is 8. The van der Waals surface area contributed by atoms with Crippen molar-refractivity contribution in [2.24, 2.45) is 5.92 Å². The van der Waals surface area contributed by atoms with Crippen molar-refractivity contribution in [1.29, 1.82) is 0 Å². The van der Waals surface area contributed by atoms with Gasteiger partial charge in [0.2, 0.25) is 11.8 Å². The minimum atomic E-state index is -1.61. The molecule has 4 aliphatic rings.